The molecule has 0 amide bonds. The van der Waals surface area contributed by atoms with E-state index >= 15 is 0 Å². The van der Waals surface area contributed by atoms with Crippen molar-refractivity contribution in [3.05, 3.63) is 108 Å². The molecule has 1 unspecified atom stereocenters. The average molecular weight is 514 g/mol. The number of carbonyl (C=O) groups is 2. The molecule has 1 saturated heterocycles. The fourth-order valence-corrected chi connectivity index (χ4v) is 4.91. The van der Waals surface area contributed by atoms with Crippen molar-refractivity contribution in [3.8, 4) is 11.1 Å². The minimum absolute atomic E-state index is 0.111. The average Bonchev–Trinajstić information content (AvgIpc) is 3.56. The lowest BCUT2D eigenvalue weighted by Crippen LogP contribution is -2.35. The zero-order valence-corrected chi connectivity index (χ0v) is 20.8. The highest BCUT2D eigenvalue weighted by atomic mass is 16.4. The highest BCUT2D eigenvalue weighted by Gasteiger charge is 2.36. The van der Waals surface area contributed by atoms with Gasteiger partial charge < -0.3 is 20.6 Å². The minimum Gasteiger partial charge on any atom is -0.478 e. The van der Waals surface area contributed by atoms with Crippen molar-refractivity contribution in [2.75, 3.05) is 25.0 Å². The summed E-state index contributed by atoms with van der Waals surface area (Å²) < 4.78 is 0. The van der Waals surface area contributed by atoms with Crippen LogP contribution in [-0.4, -0.2) is 53.1 Å². The van der Waals surface area contributed by atoms with Gasteiger partial charge >= 0.3 is 11.9 Å². The first kappa shape index (κ1) is 26.8. The van der Waals surface area contributed by atoms with Crippen LogP contribution in [0.1, 0.15) is 23.5 Å². The highest BCUT2D eigenvalue weighted by Crippen LogP contribution is 2.46. The fourth-order valence-electron chi connectivity index (χ4n) is 4.91. The summed E-state index contributed by atoms with van der Waals surface area (Å²) in [6, 6.07) is 27.5. The van der Waals surface area contributed by atoms with Gasteiger partial charge in [-0.15, -0.1) is 0 Å². The normalized spacial score (nSPS) is 16.7. The summed E-state index contributed by atoms with van der Waals surface area (Å²) in [7, 11) is 0. The molecule has 1 heterocycles. The van der Waals surface area contributed by atoms with Gasteiger partial charge in [-0.1, -0.05) is 72.8 Å². The number of hydrogen-bond donors (Lipinski definition) is 6. The van der Waals surface area contributed by atoms with E-state index in [1.807, 2.05) is 6.07 Å². The van der Waals surface area contributed by atoms with Gasteiger partial charge in [-0.3, -0.25) is 10.6 Å². The topological polar surface area (TPSA) is 131 Å². The number of carboxylic acids is 2. The molecule has 0 aromatic heterocycles. The number of fused-ring (bicyclic) bond motifs is 1. The second-order valence-corrected chi connectivity index (χ2v) is 8.87. The summed E-state index contributed by atoms with van der Waals surface area (Å²) in [6.07, 6.45) is 1.95. The second kappa shape index (κ2) is 12.8. The zero-order chi connectivity index (χ0) is 26.9. The third-order valence-electron chi connectivity index (χ3n) is 6.46. The van der Waals surface area contributed by atoms with E-state index in [9.17, 15) is 14.7 Å². The van der Waals surface area contributed by atoms with Crippen molar-refractivity contribution >= 4 is 23.3 Å². The van der Waals surface area contributed by atoms with Gasteiger partial charge in [-0.05, 0) is 29.2 Å². The van der Waals surface area contributed by atoms with E-state index in [1.165, 1.54) is 27.8 Å². The van der Waals surface area contributed by atoms with Crippen molar-refractivity contribution in [1.82, 2.24) is 10.6 Å². The number of aliphatic hydroxyl groups is 1. The molecule has 8 nitrogen and oxygen atoms in total. The van der Waals surface area contributed by atoms with E-state index in [0.717, 1.165) is 30.9 Å². The molecule has 0 spiro atoms. The van der Waals surface area contributed by atoms with E-state index in [0.29, 0.717) is 12.2 Å². The predicted octanol–water partition coefficient (Wildman–Crippen LogP) is 3.89. The Bertz CT molecular complexity index is 1310. The van der Waals surface area contributed by atoms with Crippen LogP contribution in [0.25, 0.3) is 16.8 Å². The van der Waals surface area contributed by atoms with E-state index in [2.05, 4.69) is 88.7 Å². The summed E-state index contributed by atoms with van der Waals surface area (Å²) >= 11 is 0. The maximum absolute atomic E-state index is 9.80. The van der Waals surface area contributed by atoms with Crippen molar-refractivity contribution in [3.63, 3.8) is 0 Å². The molecular formula is C30H31N3O5. The maximum Gasteiger partial charge on any atom is 0.328 e. The zero-order valence-electron chi connectivity index (χ0n) is 20.8. The van der Waals surface area contributed by atoms with Gasteiger partial charge in [0.05, 0.1) is 6.17 Å². The van der Waals surface area contributed by atoms with Crippen molar-refractivity contribution in [1.29, 1.82) is 0 Å². The number of nitrogens with one attached hydrogen (secondary N) is 3. The van der Waals surface area contributed by atoms with Gasteiger partial charge in [0.1, 0.15) is 0 Å². The third kappa shape index (κ3) is 6.36. The molecule has 0 bridgehead atoms. The molecule has 6 N–H and O–H groups in total. The van der Waals surface area contributed by atoms with Crippen LogP contribution >= 0.6 is 0 Å². The van der Waals surface area contributed by atoms with Crippen molar-refractivity contribution in [2.24, 2.45) is 0 Å². The summed E-state index contributed by atoms with van der Waals surface area (Å²) in [6.45, 7) is 2.07. The van der Waals surface area contributed by atoms with Crippen molar-refractivity contribution in [2.45, 2.75) is 18.5 Å². The quantitative estimate of drug-likeness (QED) is 0.250. The number of anilines is 1. The summed E-state index contributed by atoms with van der Waals surface area (Å²) in [5.74, 6) is -2.32. The van der Waals surface area contributed by atoms with Crippen LogP contribution in [0.2, 0.25) is 0 Å². The summed E-state index contributed by atoms with van der Waals surface area (Å²) in [5, 5.41) is 36.4. The Morgan fingerprint density at radius 3 is 2.03 bits per heavy atom. The molecule has 3 aromatic carbocycles. The number of para-hydroxylation sites is 1. The molecule has 196 valence electrons. The molecule has 1 atom stereocenters. The van der Waals surface area contributed by atoms with Crippen LogP contribution in [0.5, 0.6) is 0 Å². The first-order valence-electron chi connectivity index (χ1n) is 12.5. The van der Waals surface area contributed by atoms with Gasteiger partial charge in [-0.2, -0.15) is 0 Å². The molecule has 0 radical (unpaired) electrons. The van der Waals surface area contributed by atoms with Crippen LogP contribution in [0.15, 0.2) is 96.6 Å². The number of aliphatic carboxylic acids is 2. The molecule has 0 saturated carbocycles. The molecular weight excluding hydrogens is 482 g/mol. The largest absolute Gasteiger partial charge is 0.478 e. The molecule has 3 aromatic rings. The van der Waals surface area contributed by atoms with Gasteiger partial charge in [-0.25, -0.2) is 9.59 Å². The number of aliphatic hydroxyl groups excluding tert-OH is 1. The standard InChI is InChI=1S/C26H27N3O.C4H4O4/c30-17-14-21-20-11-4-5-12-22(20)25(24(21)26-27-15-16-28-26)29-23-13-7-6-10-19(23)18-8-2-1-3-9-18;5-3(6)1-2-4(7)8/h1-13,21,26-30H,14-17H2;1-2H,(H,5,6)(H,7,8)/b;2-1+. The molecule has 1 aliphatic carbocycles. The maximum atomic E-state index is 9.80. The number of carboxylic acid groups (broad SMARTS) is 2. The molecule has 1 fully saturated rings. The van der Waals surface area contributed by atoms with Crippen LogP contribution < -0.4 is 16.0 Å². The highest BCUT2D eigenvalue weighted by molar-refractivity contribution is 5.91. The lowest BCUT2D eigenvalue weighted by Gasteiger charge is -2.23. The number of hydrogen-bond acceptors (Lipinski definition) is 6. The third-order valence-corrected chi connectivity index (χ3v) is 6.46. The van der Waals surface area contributed by atoms with Gasteiger partial charge in [0, 0.05) is 60.3 Å². The van der Waals surface area contributed by atoms with Gasteiger partial charge in [0.25, 0.3) is 0 Å². The number of rotatable bonds is 8. The lowest BCUT2D eigenvalue weighted by molar-refractivity contribution is -0.134. The Morgan fingerprint density at radius 1 is 0.816 bits per heavy atom. The fraction of sp³-hybridized carbons (Fsp3) is 0.200. The molecule has 8 heteroatoms. The summed E-state index contributed by atoms with van der Waals surface area (Å²) in [5.41, 5.74) is 8.43. The Balaban J connectivity index is 0.000000368. The predicted molar refractivity (Wildman–Crippen MR) is 148 cm³/mol. The minimum atomic E-state index is -1.26. The second-order valence-electron chi connectivity index (χ2n) is 8.87. The van der Waals surface area contributed by atoms with Crippen LogP contribution in [-0.2, 0) is 9.59 Å². The van der Waals surface area contributed by atoms with E-state index in [-0.39, 0.29) is 18.7 Å². The van der Waals surface area contributed by atoms with Crippen LogP contribution in [0.3, 0.4) is 0 Å². The molecule has 5 rings (SSSR count). The smallest absolute Gasteiger partial charge is 0.328 e. The van der Waals surface area contributed by atoms with Crippen molar-refractivity contribution < 1.29 is 24.9 Å². The van der Waals surface area contributed by atoms with E-state index in [1.54, 1.807) is 0 Å². The Kier molecular flexibility index (Phi) is 9.05. The summed E-state index contributed by atoms with van der Waals surface area (Å²) in [4.78, 5) is 19.1. The lowest BCUT2D eigenvalue weighted by atomic mass is 9.91. The monoisotopic (exact) mass is 513 g/mol. The van der Waals surface area contributed by atoms with E-state index < -0.39 is 11.9 Å². The van der Waals surface area contributed by atoms with E-state index in [4.69, 9.17) is 10.2 Å². The Morgan fingerprint density at radius 2 is 1.39 bits per heavy atom. The van der Waals surface area contributed by atoms with Crippen LogP contribution in [0.4, 0.5) is 5.69 Å². The first-order chi connectivity index (χ1) is 18.5. The Hall–Kier alpha value is -4.24. The van der Waals surface area contributed by atoms with Crippen LogP contribution in [0, 0.1) is 0 Å². The number of benzene rings is 3. The molecule has 38 heavy (non-hydrogen) atoms. The SMILES string of the molecule is O=C(O)/C=C/C(=O)O.OCCC1C(C2NCCN2)=C(Nc2ccccc2-c2ccccc2)c2ccccc21. The van der Waals surface area contributed by atoms with Gasteiger partial charge in [0.15, 0.2) is 0 Å². The first-order valence-corrected chi connectivity index (χ1v) is 12.5. The molecule has 1 aliphatic heterocycles. The Labute approximate surface area is 221 Å². The van der Waals surface area contributed by atoms with Gasteiger partial charge in [0.2, 0.25) is 0 Å². The molecule has 2 aliphatic rings.